The van der Waals surface area contributed by atoms with E-state index in [1.54, 1.807) is 25.3 Å². The number of ether oxygens (including phenoxy) is 3. The van der Waals surface area contributed by atoms with Gasteiger partial charge in [0.1, 0.15) is 5.60 Å². The zero-order valence-electron chi connectivity index (χ0n) is 11.4. The van der Waals surface area contributed by atoms with Gasteiger partial charge in [-0.2, -0.15) is 0 Å². The molecule has 5 heteroatoms. The van der Waals surface area contributed by atoms with E-state index in [0.717, 1.165) is 6.42 Å². The van der Waals surface area contributed by atoms with E-state index < -0.39 is 0 Å². The van der Waals surface area contributed by atoms with Gasteiger partial charge >= 0.3 is 0 Å². The molecule has 1 atom stereocenters. The molecule has 1 aliphatic heterocycles. The Balaban J connectivity index is 1.92. The van der Waals surface area contributed by atoms with Crippen molar-refractivity contribution in [2.45, 2.75) is 18.6 Å². The van der Waals surface area contributed by atoms with Gasteiger partial charge in [-0.15, -0.1) is 0 Å². The molecule has 0 radical (unpaired) electrons. The molecule has 1 unspecified atom stereocenters. The van der Waals surface area contributed by atoms with E-state index in [4.69, 9.17) is 14.2 Å². The summed E-state index contributed by atoms with van der Waals surface area (Å²) in [7, 11) is 3.15. The number of hydrogen-bond acceptors (Lipinski definition) is 4. The summed E-state index contributed by atoms with van der Waals surface area (Å²) in [5, 5.41) is 3.23. The third kappa shape index (κ3) is 3.23. The molecule has 1 heterocycles. The number of benzene rings is 1. The average Bonchev–Trinajstić information content (AvgIpc) is 2.90. The lowest BCUT2D eigenvalue weighted by Crippen LogP contribution is -2.42. The van der Waals surface area contributed by atoms with E-state index in [2.05, 4.69) is 5.32 Å². The van der Waals surface area contributed by atoms with Crippen LogP contribution in [0.25, 0.3) is 0 Å². The third-order valence-electron chi connectivity index (χ3n) is 3.53. The monoisotopic (exact) mass is 269 g/mol. The molecule has 106 valence electrons. The van der Waals surface area contributed by atoms with E-state index in [-0.39, 0.29) is 17.2 Å². The number of nitrogens with one attached hydrogen (secondary N) is 1. The van der Waals surface area contributed by atoms with Crippen LogP contribution < -0.4 is 10.1 Å². The quantitative estimate of drug-likeness (QED) is 0.853. The van der Waals surface area contributed by atoms with Gasteiger partial charge in [0, 0.05) is 38.8 Å². The van der Waals surface area contributed by atoms with Crippen LogP contribution in [0, 0.1) is 5.82 Å². The minimum absolute atomic E-state index is 0.268. The first-order chi connectivity index (χ1) is 9.21. The van der Waals surface area contributed by atoms with Crippen molar-refractivity contribution in [3.8, 4) is 5.75 Å². The van der Waals surface area contributed by atoms with Crippen LogP contribution in [0.4, 0.5) is 4.39 Å². The summed E-state index contributed by atoms with van der Waals surface area (Å²) in [4.78, 5) is 0. The fraction of sp³-hybridized carbons (Fsp3) is 0.571. The normalized spacial score (nSPS) is 22.7. The Morgan fingerprint density at radius 3 is 2.89 bits per heavy atom. The molecule has 1 N–H and O–H groups in total. The first-order valence-corrected chi connectivity index (χ1v) is 6.36. The van der Waals surface area contributed by atoms with Crippen LogP contribution in [0.15, 0.2) is 18.2 Å². The molecule has 19 heavy (non-hydrogen) atoms. The fourth-order valence-electron chi connectivity index (χ4n) is 2.24. The number of rotatable bonds is 6. The molecular weight excluding hydrogens is 249 g/mol. The molecule has 0 aliphatic carbocycles. The van der Waals surface area contributed by atoms with Crippen molar-refractivity contribution in [1.29, 1.82) is 0 Å². The van der Waals surface area contributed by atoms with Crippen molar-refractivity contribution in [3.05, 3.63) is 29.6 Å². The molecule has 1 fully saturated rings. The summed E-state index contributed by atoms with van der Waals surface area (Å²) in [6.45, 7) is 2.37. The Hall–Kier alpha value is -1.17. The van der Waals surface area contributed by atoms with E-state index >= 15 is 0 Å². The van der Waals surface area contributed by atoms with Gasteiger partial charge < -0.3 is 19.5 Å². The van der Waals surface area contributed by atoms with Gasteiger partial charge in [0.2, 0.25) is 0 Å². The summed E-state index contributed by atoms with van der Waals surface area (Å²) in [6.07, 6.45) is 0.858. The molecule has 4 nitrogen and oxygen atoms in total. The minimum Gasteiger partial charge on any atom is -0.494 e. The molecule has 0 spiro atoms. The first kappa shape index (κ1) is 14.2. The number of hydrogen-bond donors (Lipinski definition) is 1. The highest BCUT2D eigenvalue weighted by Crippen LogP contribution is 2.23. The Morgan fingerprint density at radius 2 is 2.26 bits per heavy atom. The maximum atomic E-state index is 13.9. The lowest BCUT2D eigenvalue weighted by Gasteiger charge is -2.26. The van der Waals surface area contributed by atoms with Gasteiger partial charge in [0.25, 0.3) is 0 Å². The van der Waals surface area contributed by atoms with Crippen LogP contribution in [0.1, 0.15) is 12.0 Å². The minimum atomic E-state index is -0.313. The number of halogens is 1. The molecule has 1 aromatic rings. The SMILES string of the molecule is COc1cccc(CNCC2(OC)CCOC2)c1F. The maximum absolute atomic E-state index is 13.9. The summed E-state index contributed by atoms with van der Waals surface area (Å²) in [5.41, 5.74) is 0.305. The smallest absolute Gasteiger partial charge is 0.169 e. The van der Waals surface area contributed by atoms with Crippen molar-refractivity contribution >= 4 is 0 Å². The van der Waals surface area contributed by atoms with Crippen molar-refractivity contribution in [2.24, 2.45) is 0 Å². The Morgan fingerprint density at radius 1 is 1.42 bits per heavy atom. The Bertz CT molecular complexity index is 419. The Labute approximate surface area is 112 Å². The Kier molecular flexibility index (Phi) is 4.74. The van der Waals surface area contributed by atoms with Gasteiger partial charge in [0.15, 0.2) is 11.6 Å². The van der Waals surface area contributed by atoms with Crippen LogP contribution in [-0.2, 0) is 16.0 Å². The third-order valence-corrected chi connectivity index (χ3v) is 3.53. The van der Waals surface area contributed by atoms with Gasteiger partial charge in [-0.05, 0) is 6.07 Å². The average molecular weight is 269 g/mol. The highest BCUT2D eigenvalue weighted by molar-refractivity contribution is 5.30. The molecular formula is C14H20FNO3. The van der Waals surface area contributed by atoms with E-state index in [9.17, 15) is 4.39 Å². The van der Waals surface area contributed by atoms with Gasteiger partial charge in [-0.1, -0.05) is 12.1 Å². The second-order valence-corrected chi connectivity index (χ2v) is 4.73. The highest BCUT2D eigenvalue weighted by Gasteiger charge is 2.34. The highest BCUT2D eigenvalue weighted by atomic mass is 19.1. The second kappa shape index (κ2) is 6.32. The topological polar surface area (TPSA) is 39.7 Å². The summed E-state index contributed by atoms with van der Waals surface area (Å²) in [5.74, 6) is -0.0448. The zero-order valence-corrected chi connectivity index (χ0v) is 11.4. The summed E-state index contributed by atoms with van der Waals surface area (Å²) >= 11 is 0. The fourth-order valence-corrected chi connectivity index (χ4v) is 2.24. The van der Waals surface area contributed by atoms with Gasteiger partial charge in [-0.3, -0.25) is 0 Å². The lowest BCUT2D eigenvalue weighted by atomic mass is 10.0. The first-order valence-electron chi connectivity index (χ1n) is 6.36. The van der Waals surface area contributed by atoms with E-state index in [1.807, 2.05) is 0 Å². The van der Waals surface area contributed by atoms with Crippen molar-refractivity contribution in [3.63, 3.8) is 0 Å². The van der Waals surface area contributed by atoms with Crippen LogP contribution >= 0.6 is 0 Å². The second-order valence-electron chi connectivity index (χ2n) is 4.73. The van der Waals surface area contributed by atoms with Crippen LogP contribution in [-0.4, -0.2) is 39.6 Å². The molecule has 0 saturated carbocycles. The predicted molar refractivity (Wildman–Crippen MR) is 69.8 cm³/mol. The largest absolute Gasteiger partial charge is 0.494 e. The molecule has 2 rings (SSSR count). The van der Waals surface area contributed by atoms with Crippen LogP contribution in [0.2, 0.25) is 0 Å². The van der Waals surface area contributed by atoms with Crippen LogP contribution in [0.5, 0.6) is 5.75 Å². The summed E-state index contributed by atoms with van der Waals surface area (Å²) < 4.78 is 29.7. The molecule has 1 aliphatic rings. The predicted octanol–water partition coefficient (Wildman–Crippen LogP) is 1.73. The standard InChI is InChI=1S/C14H20FNO3/c1-17-12-5-3-4-11(13(12)15)8-16-9-14(18-2)6-7-19-10-14/h3-5,16H,6-10H2,1-2H3. The molecule has 1 aromatic carbocycles. The summed E-state index contributed by atoms with van der Waals surface area (Å²) in [6, 6.07) is 5.14. The maximum Gasteiger partial charge on any atom is 0.169 e. The van der Waals surface area contributed by atoms with Gasteiger partial charge in [0.05, 0.1) is 13.7 Å². The number of methoxy groups -OCH3 is 2. The van der Waals surface area contributed by atoms with Crippen molar-refractivity contribution < 1.29 is 18.6 Å². The molecule has 0 amide bonds. The molecule has 0 aromatic heterocycles. The van der Waals surface area contributed by atoms with Crippen molar-refractivity contribution in [2.75, 3.05) is 34.0 Å². The molecule has 0 bridgehead atoms. The van der Waals surface area contributed by atoms with E-state index in [0.29, 0.717) is 31.9 Å². The van der Waals surface area contributed by atoms with Crippen LogP contribution in [0.3, 0.4) is 0 Å². The molecule has 1 saturated heterocycles. The van der Waals surface area contributed by atoms with E-state index in [1.165, 1.54) is 7.11 Å². The van der Waals surface area contributed by atoms with Gasteiger partial charge in [-0.25, -0.2) is 4.39 Å². The lowest BCUT2D eigenvalue weighted by molar-refractivity contribution is -0.0159. The zero-order chi connectivity index (χ0) is 13.7. The van der Waals surface area contributed by atoms with Crippen molar-refractivity contribution in [1.82, 2.24) is 5.32 Å².